The Morgan fingerprint density at radius 3 is 3.00 bits per heavy atom. The number of methoxy groups -OCH3 is 1. The van der Waals surface area contributed by atoms with Crippen LogP contribution in [0.25, 0.3) is 0 Å². The zero-order valence-electron chi connectivity index (χ0n) is 9.90. The van der Waals surface area contributed by atoms with Crippen molar-refractivity contribution in [2.45, 2.75) is 38.3 Å². The lowest BCUT2D eigenvalue weighted by atomic mass is 10.2. The van der Waals surface area contributed by atoms with Gasteiger partial charge in [-0.15, -0.1) is 0 Å². The Balaban J connectivity index is 1.82. The van der Waals surface area contributed by atoms with Gasteiger partial charge in [-0.3, -0.25) is 4.84 Å². The van der Waals surface area contributed by atoms with Gasteiger partial charge in [0.05, 0.1) is 26.0 Å². The molecular weight excluding hydrogens is 222 g/mol. The fraction of sp³-hybridized carbons (Fsp3) is 0.583. The molecule has 0 aliphatic heterocycles. The summed E-state index contributed by atoms with van der Waals surface area (Å²) in [5.41, 5.74) is 3.63. The Labute approximate surface area is 100 Å². The Hall–Kier alpha value is -1.33. The lowest BCUT2D eigenvalue weighted by molar-refractivity contribution is -0.0246. The van der Waals surface area contributed by atoms with Gasteiger partial charge in [-0.2, -0.15) is 5.48 Å². The third kappa shape index (κ3) is 3.08. The molecule has 1 saturated carbocycles. The van der Waals surface area contributed by atoms with Crippen molar-refractivity contribution >= 4 is 5.97 Å². The van der Waals surface area contributed by atoms with Crippen molar-refractivity contribution in [1.29, 1.82) is 0 Å². The molecule has 1 aromatic rings. The first-order chi connectivity index (χ1) is 8.31. The number of carbonyl (C=O) groups is 1. The minimum Gasteiger partial charge on any atom is -0.463 e. The first-order valence-corrected chi connectivity index (χ1v) is 5.84. The summed E-state index contributed by atoms with van der Waals surface area (Å²) in [7, 11) is 1.33. The summed E-state index contributed by atoms with van der Waals surface area (Å²) in [5, 5.41) is 0. The van der Waals surface area contributed by atoms with Crippen molar-refractivity contribution in [2.75, 3.05) is 7.11 Å². The Morgan fingerprint density at radius 1 is 1.53 bits per heavy atom. The Morgan fingerprint density at radius 2 is 2.29 bits per heavy atom. The minimum atomic E-state index is -0.465. The van der Waals surface area contributed by atoms with E-state index in [0.29, 0.717) is 12.6 Å². The van der Waals surface area contributed by atoms with Crippen LogP contribution >= 0.6 is 0 Å². The fourth-order valence-corrected chi connectivity index (χ4v) is 1.99. The van der Waals surface area contributed by atoms with Crippen LogP contribution < -0.4 is 5.48 Å². The second-order valence-electron chi connectivity index (χ2n) is 4.11. The lowest BCUT2D eigenvalue weighted by Gasteiger charge is -2.11. The van der Waals surface area contributed by atoms with Gasteiger partial charge in [0, 0.05) is 5.56 Å². The summed E-state index contributed by atoms with van der Waals surface area (Å²) < 4.78 is 9.68. The maximum absolute atomic E-state index is 11.3. The summed E-state index contributed by atoms with van der Waals surface area (Å²) in [6.45, 7) is 0.442. The van der Waals surface area contributed by atoms with E-state index in [1.54, 1.807) is 6.07 Å². The predicted octanol–water partition coefficient (Wildman–Crippen LogP) is 2.03. The van der Waals surface area contributed by atoms with E-state index >= 15 is 0 Å². The number of nitrogens with one attached hydrogen (secondary N) is 1. The van der Waals surface area contributed by atoms with Crippen LogP contribution in [-0.2, 0) is 16.1 Å². The van der Waals surface area contributed by atoms with Crippen LogP contribution in [0.1, 0.15) is 41.8 Å². The highest BCUT2D eigenvalue weighted by Crippen LogP contribution is 2.20. The number of ether oxygens (including phenoxy) is 1. The molecular formula is C12H17NO4. The van der Waals surface area contributed by atoms with E-state index in [2.05, 4.69) is 10.2 Å². The molecule has 1 heterocycles. The zero-order valence-corrected chi connectivity index (χ0v) is 9.90. The van der Waals surface area contributed by atoms with Gasteiger partial charge < -0.3 is 9.15 Å². The Bertz CT molecular complexity index is 368. The molecule has 1 aliphatic carbocycles. The number of hydrogen-bond acceptors (Lipinski definition) is 5. The lowest BCUT2D eigenvalue weighted by Crippen LogP contribution is -2.22. The van der Waals surface area contributed by atoms with Crippen LogP contribution in [0.4, 0.5) is 0 Å². The van der Waals surface area contributed by atoms with Gasteiger partial charge in [0.2, 0.25) is 5.76 Å². The molecule has 1 aromatic heterocycles. The molecule has 0 saturated heterocycles. The highest BCUT2D eigenvalue weighted by Gasteiger charge is 2.18. The normalized spacial score (nSPS) is 16.3. The van der Waals surface area contributed by atoms with Crippen molar-refractivity contribution < 1.29 is 18.8 Å². The number of hydroxylamine groups is 1. The van der Waals surface area contributed by atoms with Crippen LogP contribution in [0.15, 0.2) is 16.7 Å². The van der Waals surface area contributed by atoms with Crippen LogP contribution in [0.5, 0.6) is 0 Å². The van der Waals surface area contributed by atoms with E-state index in [0.717, 1.165) is 18.4 Å². The predicted molar refractivity (Wildman–Crippen MR) is 60.2 cm³/mol. The van der Waals surface area contributed by atoms with E-state index in [4.69, 9.17) is 9.25 Å². The first kappa shape index (κ1) is 12.1. The van der Waals surface area contributed by atoms with E-state index in [-0.39, 0.29) is 5.76 Å². The molecule has 0 unspecified atom stereocenters. The Kier molecular flexibility index (Phi) is 4.17. The summed E-state index contributed by atoms with van der Waals surface area (Å²) >= 11 is 0. The summed E-state index contributed by atoms with van der Waals surface area (Å²) in [4.78, 5) is 16.8. The summed E-state index contributed by atoms with van der Waals surface area (Å²) in [6.07, 6.45) is 6.42. The van der Waals surface area contributed by atoms with Gasteiger partial charge in [-0.25, -0.2) is 4.79 Å². The number of furan rings is 1. The van der Waals surface area contributed by atoms with Crippen molar-refractivity contribution in [3.8, 4) is 0 Å². The molecule has 0 spiro atoms. The first-order valence-electron chi connectivity index (χ1n) is 5.84. The largest absolute Gasteiger partial charge is 0.463 e. The molecule has 2 rings (SSSR count). The zero-order chi connectivity index (χ0) is 12.1. The van der Waals surface area contributed by atoms with Crippen LogP contribution in [0.3, 0.4) is 0 Å². The summed E-state index contributed by atoms with van der Waals surface area (Å²) in [5.74, 6) is -0.234. The fourth-order valence-electron chi connectivity index (χ4n) is 1.99. The van der Waals surface area contributed by atoms with Crippen molar-refractivity contribution in [2.24, 2.45) is 0 Å². The number of carbonyl (C=O) groups excluding carboxylic acids is 1. The van der Waals surface area contributed by atoms with Gasteiger partial charge in [0.1, 0.15) is 0 Å². The smallest absolute Gasteiger partial charge is 0.374 e. The standard InChI is InChI=1S/C12H17NO4/c1-15-12(14)11-9(6-7-16-11)8-13-17-10-4-2-3-5-10/h6-7,10,13H,2-5,8H2,1H3. The second-order valence-corrected chi connectivity index (χ2v) is 4.11. The van der Waals surface area contributed by atoms with Gasteiger partial charge in [0.25, 0.3) is 0 Å². The number of rotatable bonds is 5. The second kappa shape index (κ2) is 5.84. The monoisotopic (exact) mass is 239 g/mol. The highest BCUT2D eigenvalue weighted by atomic mass is 16.7. The number of esters is 1. The van der Waals surface area contributed by atoms with Gasteiger partial charge in [-0.1, -0.05) is 12.8 Å². The quantitative estimate of drug-likeness (QED) is 0.629. The molecule has 1 N–H and O–H groups in total. The maximum atomic E-state index is 11.3. The molecule has 5 nitrogen and oxygen atoms in total. The molecule has 0 bridgehead atoms. The third-order valence-corrected chi connectivity index (χ3v) is 2.93. The van der Waals surface area contributed by atoms with Crippen molar-refractivity contribution in [1.82, 2.24) is 5.48 Å². The minimum absolute atomic E-state index is 0.232. The topological polar surface area (TPSA) is 60.7 Å². The van der Waals surface area contributed by atoms with Gasteiger partial charge in [-0.05, 0) is 18.9 Å². The van der Waals surface area contributed by atoms with Gasteiger partial charge in [0.15, 0.2) is 0 Å². The molecule has 0 amide bonds. The van der Waals surface area contributed by atoms with Crippen LogP contribution in [0.2, 0.25) is 0 Å². The van der Waals surface area contributed by atoms with E-state index in [1.165, 1.54) is 26.2 Å². The summed E-state index contributed by atoms with van der Waals surface area (Å²) in [6, 6.07) is 1.73. The maximum Gasteiger partial charge on any atom is 0.374 e. The molecule has 17 heavy (non-hydrogen) atoms. The van der Waals surface area contributed by atoms with E-state index in [1.807, 2.05) is 0 Å². The van der Waals surface area contributed by atoms with Crippen molar-refractivity contribution in [3.05, 3.63) is 23.7 Å². The average molecular weight is 239 g/mol. The van der Waals surface area contributed by atoms with Gasteiger partial charge >= 0.3 is 5.97 Å². The van der Waals surface area contributed by atoms with E-state index in [9.17, 15) is 4.79 Å². The molecule has 0 aromatic carbocycles. The third-order valence-electron chi connectivity index (χ3n) is 2.93. The van der Waals surface area contributed by atoms with Crippen LogP contribution in [0, 0.1) is 0 Å². The molecule has 0 atom stereocenters. The van der Waals surface area contributed by atoms with E-state index < -0.39 is 5.97 Å². The molecule has 0 radical (unpaired) electrons. The molecule has 1 aliphatic rings. The highest BCUT2D eigenvalue weighted by molar-refractivity contribution is 5.87. The molecule has 94 valence electrons. The molecule has 5 heteroatoms. The average Bonchev–Trinajstić information content (AvgIpc) is 2.99. The number of hydrogen-bond donors (Lipinski definition) is 1. The van der Waals surface area contributed by atoms with Crippen LogP contribution in [-0.4, -0.2) is 19.2 Å². The SMILES string of the molecule is COC(=O)c1occc1CNOC1CCCC1. The van der Waals surface area contributed by atoms with Crippen molar-refractivity contribution in [3.63, 3.8) is 0 Å². The molecule has 1 fully saturated rings.